The maximum absolute atomic E-state index is 12.5. The van der Waals surface area contributed by atoms with Crippen molar-refractivity contribution in [3.8, 4) is 17.2 Å². The van der Waals surface area contributed by atoms with E-state index in [0.717, 1.165) is 21.7 Å². The van der Waals surface area contributed by atoms with E-state index in [9.17, 15) is 13.2 Å². The molecule has 0 saturated carbocycles. The van der Waals surface area contributed by atoms with Gasteiger partial charge in [0.2, 0.25) is 21.7 Å². The molecule has 1 amide bonds. The second-order valence-corrected chi connectivity index (χ2v) is 9.23. The molecule has 0 bridgehead atoms. The fourth-order valence-corrected chi connectivity index (χ4v) is 3.91. The third kappa shape index (κ3) is 6.27. The number of carbonyl (C=O) groups excluding carboxylic acids is 1. The molecule has 0 aromatic heterocycles. The first kappa shape index (κ1) is 24.3. The van der Waals surface area contributed by atoms with Crippen molar-refractivity contribution in [1.82, 2.24) is 5.32 Å². The molecule has 0 radical (unpaired) electrons. The molecule has 0 aliphatic heterocycles. The van der Waals surface area contributed by atoms with Gasteiger partial charge in [0.15, 0.2) is 11.5 Å². The van der Waals surface area contributed by atoms with Gasteiger partial charge in [-0.3, -0.25) is 9.10 Å². The summed E-state index contributed by atoms with van der Waals surface area (Å²) in [6.07, 6.45) is 1.08. The summed E-state index contributed by atoms with van der Waals surface area (Å²) in [4.78, 5) is 12.5. The number of anilines is 1. The predicted molar refractivity (Wildman–Crippen MR) is 121 cm³/mol. The van der Waals surface area contributed by atoms with Gasteiger partial charge in [-0.2, -0.15) is 0 Å². The van der Waals surface area contributed by atoms with E-state index in [2.05, 4.69) is 19.2 Å². The van der Waals surface area contributed by atoms with E-state index in [1.807, 2.05) is 12.1 Å². The largest absolute Gasteiger partial charge is 0.493 e. The lowest BCUT2D eigenvalue weighted by Gasteiger charge is -2.22. The first-order valence-electron chi connectivity index (χ1n) is 9.74. The highest BCUT2D eigenvalue weighted by atomic mass is 32.2. The van der Waals surface area contributed by atoms with E-state index in [1.165, 1.54) is 21.3 Å². The number of benzene rings is 2. The first-order valence-corrected chi connectivity index (χ1v) is 11.6. The van der Waals surface area contributed by atoms with Crippen LogP contribution in [-0.4, -0.2) is 48.5 Å². The molecule has 2 aromatic rings. The number of methoxy groups -OCH3 is 3. The molecule has 9 heteroatoms. The number of ether oxygens (including phenoxy) is 3. The number of rotatable bonds is 10. The fourth-order valence-electron chi connectivity index (χ4n) is 3.05. The minimum Gasteiger partial charge on any atom is -0.493 e. The van der Waals surface area contributed by atoms with Crippen LogP contribution in [0.2, 0.25) is 0 Å². The third-order valence-corrected chi connectivity index (χ3v) is 5.89. The molecule has 0 aliphatic carbocycles. The fraction of sp³-hybridized carbons (Fsp3) is 0.409. The smallest absolute Gasteiger partial charge is 0.241 e. The molecule has 0 saturated heterocycles. The van der Waals surface area contributed by atoms with Crippen molar-refractivity contribution in [2.45, 2.75) is 26.3 Å². The number of carbonyl (C=O) groups is 1. The molecular formula is C22H30N2O6S. The van der Waals surface area contributed by atoms with Gasteiger partial charge >= 0.3 is 0 Å². The van der Waals surface area contributed by atoms with E-state index < -0.39 is 15.9 Å². The van der Waals surface area contributed by atoms with Crippen LogP contribution in [0, 0.1) is 0 Å². The van der Waals surface area contributed by atoms with Crippen LogP contribution in [0.3, 0.4) is 0 Å². The summed E-state index contributed by atoms with van der Waals surface area (Å²) in [6, 6.07) is 10.6. The number of sulfonamides is 1. The standard InChI is InChI=1S/C22H30N2O6S/c1-15(2)17-7-9-18(10-8-17)24(31(6,26)27)14-21(25)23-13-16-11-19(28-3)22(30-5)20(12-16)29-4/h7-12,15H,13-14H2,1-6H3,(H,23,25). The van der Waals surface area contributed by atoms with E-state index in [-0.39, 0.29) is 13.1 Å². The Balaban J connectivity index is 2.15. The zero-order chi connectivity index (χ0) is 23.2. The van der Waals surface area contributed by atoms with Crippen molar-refractivity contribution in [1.29, 1.82) is 0 Å². The average Bonchev–Trinajstić information content (AvgIpc) is 2.74. The number of nitrogens with zero attached hydrogens (tertiary/aromatic N) is 1. The van der Waals surface area contributed by atoms with Crippen LogP contribution in [0.25, 0.3) is 0 Å². The maximum atomic E-state index is 12.5. The molecule has 2 aromatic carbocycles. The van der Waals surface area contributed by atoms with Crippen LogP contribution in [0.15, 0.2) is 36.4 Å². The van der Waals surface area contributed by atoms with E-state index >= 15 is 0 Å². The molecular weight excluding hydrogens is 420 g/mol. The lowest BCUT2D eigenvalue weighted by atomic mass is 10.0. The monoisotopic (exact) mass is 450 g/mol. The summed E-state index contributed by atoms with van der Waals surface area (Å²) >= 11 is 0. The Hall–Kier alpha value is -2.94. The van der Waals surface area contributed by atoms with Gasteiger partial charge in [-0.15, -0.1) is 0 Å². The summed E-state index contributed by atoms with van der Waals surface area (Å²) in [6.45, 7) is 3.95. The molecule has 0 heterocycles. The zero-order valence-corrected chi connectivity index (χ0v) is 19.6. The van der Waals surface area contributed by atoms with Gasteiger partial charge < -0.3 is 19.5 Å². The SMILES string of the molecule is COc1cc(CNC(=O)CN(c2ccc(C(C)C)cc2)S(C)(=O)=O)cc(OC)c1OC. The number of amides is 1. The molecule has 1 N–H and O–H groups in total. The lowest BCUT2D eigenvalue weighted by molar-refractivity contribution is -0.119. The van der Waals surface area contributed by atoms with Crippen LogP contribution in [0.5, 0.6) is 17.2 Å². The molecule has 0 fully saturated rings. The molecule has 8 nitrogen and oxygen atoms in total. The topological polar surface area (TPSA) is 94.2 Å². The first-order chi connectivity index (χ1) is 14.6. The Kier molecular flexibility index (Phi) is 8.15. The number of hydrogen-bond acceptors (Lipinski definition) is 6. The molecule has 0 aliphatic rings. The Bertz CT molecular complexity index is 978. The molecule has 0 spiro atoms. The highest BCUT2D eigenvalue weighted by molar-refractivity contribution is 7.92. The van der Waals surface area contributed by atoms with Gasteiger partial charge in [0, 0.05) is 6.54 Å². The van der Waals surface area contributed by atoms with Gasteiger partial charge in [0.05, 0.1) is 33.3 Å². The van der Waals surface area contributed by atoms with Crippen molar-refractivity contribution < 1.29 is 27.4 Å². The second kappa shape index (κ2) is 10.4. The summed E-state index contributed by atoms with van der Waals surface area (Å²) in [5, 5.41) is 2.74. The Morgan fingerprint density at radius 3 is 1.97 bits per heavy atom. The van der Waals surface area contributed by atoms with Gasteiger partial charge in [-0.25, -0.2) is 8.42 Å². The second-order valence-electron chi connectivity index (χ2n) is 7.33. The highest BCUT2D eigenvalue weighted by Gasteiger charge is 2.21. The van der Waals surface area contributed by atoms with Crippen molar-refractivity contribution >= 4 is 21.6 Å². The minimum absolute atomic E-state index is 0.166. The van der Waals surface area contributed by atoms with Crippen molar-refractivity contribution in [3.05, 3.63) is 47.5 Å². The molecule has 2 rings (SSSR count). The van der Waals surface area contributed by atoms with Crippen molar-refractivity contribution in [2.24, 2.45) is 0 Å². The third-order valence-electron chi connectivity index (χ3n) is 4.75. The Morgan fingerprint density at radius 1 is 1.00 bits per heavy atom. The number of nitrogens with one attached hydrogen (secondary N) is 1. The normalized spacial score (nSPS) is 11.2. The average molecular weight is 451 g/mol. The van der Waals surface area contributed by atoms with Gasteiger partial charge in [-0.1, -0.05) is 26.0 Å². The predicted octanol–water partition coefficient (Wildman–Crippen LogP) is 2.92. The van der Waals surface area contributed by atoms with Gasteiger partial charge in [0.25, 0.3) is 0 Å². The van der Waals surface area contributed by atoms with Crippen LogP contribution >= 0.6 is 0 Å². The quantitative estimate of drug-likeness (QED) is 0.598. The Morgan fingerprint density at radius 2 is 1.55 bits per heavy atom. The van der Waals surface area contributed by atoms with Crippen LogP contribution < -0.4 is 23.8 Å². The van der Waals surface area contributed by atoms with E-state index in [1.54, 1.807) is 24.3 Å². The number of hydrogen-bond donors (Lipinski definition) is 1. The van der Waals surface area contributed by atoms with Crippen LogP contribution in [0.1, 0.15) is 30.9 Å². The Labute approximate surface area is 184 Å². The maximum Gasteiger partial charge on any atom is 0.241 e. The molecule has 0 unspecified atom stereocenters. The van der Waals surface area contributed by atoms with Crippen LogP contribution in [-0.2, 0) is 21.4 Å². The zero-order valence-electron chi connectivity index (χ0n) is 18.8. The van der Waals surface area contributed by atoms with E-state index in [0.29, 0.717) is 28.9 Å². The van der Waals surface area contributed by atoms with Gasteiger partial charge in [0.1, 0.15) is 6.54 Å². The van der Waals surface area contributed by atoms with Gasteiger partial charge in [-0.05, 0) is 41.3 Å². The molecule has 0 atom stereocenters. The summed E-state index contributed by atoms with van der Waals surface area (Å²) < 4.78 is 41.6. The highest BCUT2D eigenvalue weighted by Crippen LogP contribution is 2.38. The van der Waals surface area contributed by atoms with Crippen molar-refractivity contribution in [2.75, 3.05) is 38.4 Å². The summed E-state index contributed by atoms with van der Waals surface area (Å²) in [5.41, 5.74) is 2.24. The van der Waals surface area contributed by atoms with Crippen molar-refractivity contribution in [3.63, 3.8) is 0 Å². The van der Waals surface area contributed by atoms with E-state index in [4.69, 9.17) is 14.2 Å². The molecule has 170 valence electrons. The lowest BCUT2D eigenvalue weighted by Crippen LogP contribution is -2.40. The molecule has 31 heavy (non-hydrogen) atoms. The summed E-state index contributed by atoms with van der Waals surface area (Å²) in [5.74, 6) is 1.27. The minimum atomic E-state index is -3.64. The van der Waals surface area contributed by atoms with Crippen LogP contribution in [0.4, 0.5) is 5.69 Å². The summed E-state index contributed by atoms with van der Waals surface area (Å²) in [7, 11) is 0.882.